The van der Waals surface area contributed by atoms with Gasteiger partial charge in [-0.3, -0.25) is 5.43 Å². The number of hydrogen-bond acceptors (Lipinski definition) is 8. The summed E-state index contributed by atoms with van der Waals surface area (Å²) in [5.74, 6) is 1.20. The summed E-state index contributed by atoms with van der Waals surface area (Å²) in [4.78, 5) is 5.74. The number of nitrogens with zero attached hydrogens (tertiary/aromatic N) is 2. The number of aromatic nitrogens is 1. The molecule has 0 radical (unpaired) electrons. The molecule has 9 heteroatoms. The van der Waals surface area contributed by atoms with E-state index in [0.29, 0.717) is 21.5 Å². The van der Waals surface area contributed by atoms with Gasteiger partial charge in [0, 0.05) is 10.3 Å². The Balaban J connectivity index is 1.77. The smallest absolute Gasteiger partial charge is 0.205 e. The summed E-state index contributed by atoms with van der Waals surface area (Å²) in [7, 11) is 1.62. The van der Waals surface area contributed by atoms with E-state index in [0.717, 1.165) is 15.5 Å². The number of nitrogen functional groups attached to an aromatic ring is 1. The zero-order valence-corrected chi connectivity index (χ0v) is 16.0. The second-order valence-corrected chi connectivity index (χ2v) is 7.42. The molecule has 1 aromatic heterocycles. The number of anilines is 2. The Hall–Kier alpha value is -2.42. The van der Waals surface area contributed by atoms with Gasteiger partial charge in [0.05, 0.1) is 28.8 Å². The summed E-state index contributed by atoms with van der Waals surface area (Å²) < 4.78 is 5.34. The molecule has 3 aromatic rings. The van der Waals surface area contributed by atoms with Crippen molar-refractivity contribution in [2.45, 2.75) is 9.79 Å². The van der Waals surface area contributed by atoms with Gasteiger partial charge in [-0.2, -0.15) is 5.10 Å². The number of hydrazone groups is 1. The second-order valence-electron chi connectivity index (χ2n) is 5.04. The molecule has 0 aliphatic heterocycles. The number of phenolic OH excluding ortho intramolecular Hbond substituents is 1. The number of rotatable bonds is 6. The molecule has 4 N–H and O–H groups in total. The third-order valence-electron chi connectivity index (χ3n) is 3.25. The van der Waals surface area contributed by atoms with Crippen LogP contribution >= 0.6 is 34.7 Å². The largest absolute Gasteiger partial charge is 0.507 e. The molecule has 0 amide bonds. The number of para-hydroxylation sites is 1. The van der Waals surface area contributed by atoms with E-state index >= 15 is 0 Å². The Morgan fingerprint density at radius 3 is 2.88 bits per heavy atom. The zero-order chi connectivity index (χ0) is 18.5. The molecule has 0 saturated heterocycles. The standard InChI is InChI=1S/C17H15ClN4O2S2/c1-24-14-4-2-3-5-15(14)26-10-6-12(18)11(13(23)7-10)8-20-22-17-21-16(19)9-25-17/h2-9,23H,19H2,1H3,(H,21,22). The quantitative estimate of drug-likeness (QED) is 0.406. The molecule has 0 atom stereocenters. The van der Waals surface area contributed by atoms with Gasteiger partial charge in [-0.15, -0.1) is 11.3 Å². The first-order valence-electron chi connectivity index (χ1n) is 7.40. The number of halogens is 1. The topological polar surface area (TPSA) is 92.8 Å². The lowest BCUT2D eigenvalue weighted by Crippen LogP contribution is -1.93. The summed E-state index contributed by atoms with van der Waals surface area (Å²) in [6, 6.07) is 11.0. The number of methoxy groups -OCH3 is 1. The molecule has 26 heavy (non-hydrogen) atoms. The van der Waals surface area contributed by atoms with Gasteiger partial charge in [0.25, 0.3) is 0 Å². The number of hydrogen-bond donors (Lipinski definition) is 3. The number of phenols is 1. The minimum atomic E-state index is 0.0269. The van der Waals surface area contributed by atoms with Crippen molar-refractivity contribution >= 4 is 51.9 Å². The molecule has 0 aliphatic rings. The molecule has 0 saturated carbocycles. The first kappa shape index (κ1) is 18.4. The highest BCUT2D eigenvalue weighted by Crippen LogP contribution is 2.38. The van der Waals surface area contributed by atoms with Gasteiger partial charge < -0.3 is 15.6 Å². The van der Waals surface area contributed by atoms with Crippen LogP contribution in [0.1, 0.15) is 5.56 Å². The fourth-order valence-electron chi connectivity index (χ4n) is 2.09. The fourth-order valence-corrected chi connectivity index (χ4v) is 3.96. The van der Waals surface area contributed by atoms with Crippen molar-refractivity contribution in [1.82, 2.24) is 4.98 Å². The van der Waals surface area contributed by atoms with E-state index in [-0.39, 0.29) is 5.75 Å². The highest BCUT2D eigenvalue weighted by molar-refractivity contribution is 7.99. The van der Waals surface area contributed by atoms with Gasteiger partial charge >= 0.3 is 0 Å². The number of nitrogens with one attached hydrogen (secondary N) is 1. The lowest BCUT2D eigenvalue weighted by Gasteiger charge is -2.09. The molecule has 1 heterocycles. The predicted molar refractivity (Wildman–Crippen MR) is 108 cm³/mol. The maximum atomic E-state index is 10.3. The molecule has 0 unspecified atom stereocenters. The van der Waals surface area contributed by atoms with Crippen LogP contribution in [0.15, 0.2) is 56.7 Å². The van der Waals surface area contributed by atoms with E-state index in [1.54, 1.807) is 24.6 Å². The molecule has 3 rings (SSSR count). The maximum Gasteiger partial charge on any atom is 0.205 e. The van der Waals surface area contributed by atoms with E-state index in [1.165, 1.54) is 29.3 Å². The lowest BCUT2D eigenvalue weighted by atomic mass is 10.2. The summed E-state index contributed by atoms with van der Waals surface area (Å²) in [5, 5.41) is 17.0. The lowest BCUT2D eigenvalue weighted by molar-refractivity contribution is 0.405. The van der Waals surface area contributed by atoms with Crippen LogP contribution in [0.4, 0.5) is 10.9 Å². The molecule has 0 aliphatic carbocycles. The molecule has 6 nitrogen and oxygen atoms in total. The van der Waals surface area contributed by atoms with Gasteiger partial charge in [0.2, 0.25) is 5.13 Å². The zero-order valence-electron chi connectivity index (χ0n) is 13.6. The predicted octanol–water partition coefficient (Wildman–Crippen LogP) is 4.69. The highest BCUT2D eigenvalue weighted by atomic mass is 35.5. The average molecular weight is 407 g/mol. The third kappa shape index (κ3) is 4.40. The van der Waals surface area contributed by atoms with Crippen LogP contribution in [-0.2, 0) is 0 Å². The second kappa shape index (κ2) is 8.31. The van der Waals surface area contributed by atoms with E-state index in [2.05, 4.69) is 15.5 Å². The monoisotopic (exact) mass is 406 g/mol. The van der Waals surface area contributed by atoms with Crippen molar-refractivity contribution in [2.75, 3.05) is 18.3 Å². The van der Waals surface area contributed by atoms with Crippen molar-refractivity contribution < 1.29 is 9.84 Å². The molecule has 0 spiro atoms. The minimum Gasteiger partial charge on any atom is -0.507 e. The summed E-state index contributed by atoms with van der Waals surface area (Å²) >= 11 is 9.08. The molecule has 134 valence electrons. The maximum absolute atomic E-state index is 10.3. The van der Waals surface area contributed by atoms with E-state index in [9.17, 15) is 5.11 Å². The van der Waals surface area contributed by atoms with Crippen molar-refractivity contribution in [3.05, 3.63) is 52.4 Å². The Kier molecular flexibility index (Phi) is 5.87. The van der Waals surface area contributed by atoms with Gasteiger partial charge in [-0.05, 0) is 24.3 Å². The number of aromatic hydroxyl groups is 1. The summed E-state index contributed by atoms with van der Waals surface area (Å²) in [5.41, 5.74) is 8.70. The number of benzene rings is 2. The first-order valence-corrected chi connectivity index (χ1v) is 9.47. The van der Waals surface area contributed by atoms with Crippen LogP contribution in [0, 0.1) is 0 Å². The Morgan fingerprint density at radius 1 is 1.38 bits per heavy atom. The number of nitrogens with two attached hydrogens (primary N) is 1. The Labute approximate surface area is 163 Å². The molecular formula is C17H15ClN4O2S2. The Morgan fingerprint density at radius 2 is 2.19 bits per heavy atom. The van der Waals surface area contributed by atoms with E-state index < -0.39 is 0 Å². The van der Waals surface area contributed by atoms with E-state index in [4.69, 9.17) is 22.1 Å². The summed E-state index contributed by atoms with van der Waals surface area (Å²) in [6.45, 7) is 0. The van der Waals surface area contributed by atoms with Crippen LogP contribution < -0.4 is 15.9 Å². The van der Waals surface area contributed by atoms with Crippen molar-refractivity contribution in [3.63, 3.8) is 0 Å². The van der Waals surface area contributed by atoms with Crippen molar-refractivity contribution in [1.29, 1.82) is 0 Å². The molecule has 0 fully saturated rings. The summed E-state index contributed by atoms with van der Waals surface area (Å²) in [6.07, 6.45) is 1.44. The van der Waals surface area contributed by atoms with Gasteiger partial charge in [-0.25, -0.2) is 4.98 Å². The molecular weight excluding hydrogens is 392 g/mol. The van der Waals surface area contributed by atoms with Crippen molar-refractivity contribution in [2.24, 2.45) is 5.10 Å². The van der Waals surface area contributed by atoms with Crippen LogP contribution in [0.2, 0.25) is 5.02 Å². The van der Waals surface area contributed by atoms with Gasteiger partial charge in [0.15, 0.2) is 0 Å². The number of thiazole rings is 1. The van der Waals surface area contributed by atoms with Crippen molar-refractivity contribution in [3.8, 4) is 11.5 Å². The Bertz CT molecular complexity index is 923. The van der Waals surface area contributed by atoms with Gasteiger partial charge in [0.1, 0.15) is 17.3 Å². The minimum absolute atomic E-state index is 0.0269. The fraction of sp³-hybridized carbons (Fsp3) is 0.0588. The third-order valence-corrected chi connectivity index (χ3v) is 5.36. The molecule has 2 aromatic carbocycles. The van der Waals surface area contributed by atoms with Crippen LogP contribution in [0.25, 0.3) is 0 Å². The van der Waals surface area contributed by atoms with Crippen LogP contribution in [-0.4, -0.2) is 23.4 Å². The van der Waals surface area contributed by atoms with Crippen LogP contribution in [0.5, 0.6) is 11.5 Å². The average Bonchev–Trinajstić information content (AvgIpc) is 3.03. The molecule has 0 bridgehead atoms. The SMILES string of the molecule is COc1ccccc1Sc1cc(O)c(C=NNc2nc(N)cs2)c(Cl)c1. The normalized spacial score (nSPS) is 11.0. The highest BCUT2D eigenvalue weighted by Gasteiger charge is 2.10. The van der Waals surface area contributed by atoms with Gasteiger partial charge in [-0.1, -0.05) is 35.5 Å². The first-order chi connectivity index (χ1) is 12.6. The van der Waals surface area contributed by atoms with Crippen LogP contribution in [0.3, 0.4) is 0 Å². The van der Waals surface area contributed by atoms with E-state index in [1.807, 2.05) is 24.3 Å². The number of ether oxygens (including phenoxy) is 1.